The molecule has 29 heavy (non-hydrogen) atoms. The summed E-state index contributed by atoms with van der Waals surface area (Å²) in [7, 11) is 1.48. The number of carbonyl (C=O) groups is 1. The molecule has 2 aromatic heterocycles. The quantitative estimate of drug-likeness (QED) is 0.688. The summed E-state index contributed by atoms with van der Waals surface area (Å²) in [6.07, 6.45) is -4.75. The fourth-order valence-electron chi connectivity index (χ4n) is 2.91. The number of fused-ring (bicyclic) bond motifs is 1. The van der Waals surface area contributed by atoms with E-state index in [9.17, 15) is 22.8 Å². The minimum Gasteiger partial charge on any atom is -0.478 e. The van der Waals surface area contributed by atoms with Gasteiger partial charge in [0.25, 0.3) is 5.56 Å². The second kappa shape index (κ2) is 7.19. The van der Waals surface area contributed by atoms with Crippen LogP contribution in [0.2, 0.25) is 0 Å². The smallest absolute Gasteiger partial charge is 0.433 e. The highest BCUT2D eigenvalue weighted by molar-refractivity contribution is 5.88. The van der Waals surface area contributed by atoms with E-state index < -0.39 is 29.4 Å². The molecule has 0 fully saturated rings. The number of carboxylic acids is 1. The van der Waals surface area contributed by atoms with Crippen molar-refractivity contribution < 1.29 is 23.1 Å². The third kappa shape index (κ3) is 3.91. The molecule has 0 saturated carbocycles. The van der Waals surface area contributed by atoms with Gasteiger partial charge in [0.1, 0.15) is 5.82 Å². The Kier molecular flexibility index (Phi) is 5.04. The number of hydrogen-bond acceptors (Lipinski definition) is 5. The van der Waals surface area contributed by atoms with E-state index in [0.717, 1.165) is 6.07 Å². The van der Waals surface area contributed by atoms with E-state index in [4.69, 9.17) is 5.11 Å². The van der Waals surface area contributed by atoms with E-state index >= 15 is 0 Å². The second-order valence-corrected chi connectivity index (χ2v) is 6.57. The first kappa shape index (κ1) is 20.3. The second-order valence-electron chi connectivity index (χ2n) is 6.57. The van der Waals surface area contributed by atoms with E-state index in [-0.39, 0.29) is 28.0 Å². The van der Waals surface area contributed by atoms with Gasteiger partial charge in [-0.25, -0.2) is 14.8 Å². The van der Waals surface area contributed by atoms with Gasteiger partial charge in [0.15, 0.2) is 11.3 Å². The molecule has 0 spiro atoms. The van der Waals surface area contributed by atoms with Crippen LogP contribution in [0.3, 0.4) is 0 Å². The van der Waals surface area contributed by atoms with Crippen LogP contribution in [0.25, 0.3) is 11.0 Å². The van der Waals surface area contributed by atoms with Gasteiger partial charge in [0.05, 0.1) is 17.0 Å². The Morgan fingerprint density at radius 3 is 2.38 bits per heavy atom. The first-order valence-corrected chi connectivity index (χ1v) is 8.54. The van der Waals surface area contributed by atoms with Gasteiger partial charge < -0.3 is 10.4 Å². The van der Waals surface area contributed by atoms with Crippen LogP contribution >= 0.6 is 0 Å². The molecule has 2 N–H and O–H groups in total. The Morgan fingerprint density at radius 1 is 1.21 bits per heavy atom. The molecule has 0 bridgehead atoms. The largest absolute Gasteiger partial charge is 0.478 e. The number of hydrogen-bond donors (Lipinski definition) is 2. The van der Waals surface area contributed by atoms with Gasteiger partial charge in [-0.15, -0.1) is 0 Å². The number of nitrogens with one attached hydrogen (secondary N) is 1. The summed E-state index contributed by atoms with van der Waals surface area (Å²) in [4.78, 5) is 31.0. The molecular weight excluding hydrogens is 389 g/mol. The van der Waals surface area contributed by atoms with E-state index in [0.29, 0.717) is 5.69 Å². The maximum atomic E-state index is 13.6. The lowest BCUT2D eigenvalue weighted by Crippen LogP contribution is -2.24. The van der Waals surface area contributed by atoms with Gasteiger partial charge >= 0.3 is 12.1 Å². The van der Waals surface area contributed by atoms with Crippen molar-refractivity contribution in [2.75, 3.05) is 5.32 Å². The summed E-state index contributed by atoms with van der Waals surface area (Å²) in [6, 6.07) is 5.86. The van der Waals surface area contributed by atoms with Gasteiger partial charge in [0.2, 0.25) is 0 Å². The zero-order chi connectivity index (χ0) is 21.5. The number of aromatic nitrogens is 3. The van der Waals surface area contributed by atoms with Crippen molar-refractivity contribution in [3.8, 4) is 0 Å². The lowest BCUT2D eigenvalue weighted by atomic mass is 10.0. The topological polar surface area (TPSA) is 97.1 Å². The van der Waals surface area contributed by atoms with Crippen LogP contribution in [0.5, 0.6) is 0 Å². The summed E-state index contributed by atoms with van der Waals surface area (Å²) in [6.45, 7) is 3.00. The highest BCUT2D eigenvalue weighted by atomic mass is 19.4. The molecule has 7 nitrogen and oxygen atoms in total. The standard InChI is InChI=1S/C19H17F3N4O3/c1-9(23-12-6-4-11(5-7-12)18(28)29)13-8-14-16(25-15(13)19(20,21)22)24-10(2)26(3)17(14)27/h4-9,23H,1-3H3,(H,28,29)/t9-/m0/s1. The molecule has 1 aromatic carbocycles. The SMILES string of the molecule is Cc1nc2nc(C(F)(F)F)c([C@H](C)Nc3ccc(C(=O)O)cc3)cc2c(=O)n1C. The minimum atomic E-state index is -4.75. The molecule has 3 aromatic rings. The monoisotopic (exact) mass is 406 g/mol. The molecule has 0 aliphatic rings. The Hall–Kier alpha value is -3.43. The van der Waals surface area contributed by atoms with Gasteiger partial charge in [-0.3, -0.25) is 9.36 Å². The summed E-state index contributed by atoms with van der Waals surface area (Å²) < 4.78 is 42.1. The first-order valence-electron chi connectivity index (χ1n) is 8.54. The van der Waals surface area contributed by atoms with Crippen molar-refractivity contribution in [1.29, 1.82) is 0 Å². The predicted molar refractivity (Wildman–Crippen MR) is 100.0 cm³/mol. The van der Waals surface area contributed by atoms with E-state index in [1.54, 1.807) is 0 Å². The van der Waals surface area contributed by atoms with Gasteiger partial charge in [-0.1, -0.05) is 0 Å². The van der Waals surface area contributed by atoms with Crippen molar-refractivity contribution in [3.05, 3.63) is 63.3 Å². The van der Waals surface area contributed by atoms with Crippen LogP contribution in [0.15, 0.2) is 35.1 Å². The van der Waals surface area contributed by atoms with E-state index in [1.807, 2.05) is 0 Å². The fourth-order valence-corrected chi connectivity index (χ4v) is 2.91. The molecular formula is C19H17F3N4O3. The average Bonchev–Trinajstić information content (AvgIpc) is 2.65. The van der Waals surface area contributed by atoms with Gasteiger partial charge in [0, 0.05) is 18.3 Å². The number of alkyl halides is 3. The summed E-state index contributed by atoms with van der Waals surface area (Å²) in [5.74, 6) is -0.859. The number of pyridine rings is 1. The third-order valence-corrected chi connectivity index (χ3v) is 4.57. The van der Waals surface area contributed by atoms with Crippen LogP contribution in [0.4, 0.5) is 18.9 Å². The third-order valence-electron chi connectivity index (χ3n) is 4.57. The number of aryl methyl sites for hydroxylation is 1. The summed E-state index contributed by atoms with van der Waals surface area (Å²) >= 11 is 0. The van der Waals surface area contributed by atoms with Crippen LogP contribution in [0, 0.1) is 6.92 Å². The molecule has 2 heterocycles. The zero-order valence-corrected chi connectivity index (χ0v) is 15.7. The Bertz CT molecular complexity index is 1150. The van der Waals surface area contributed by atoms with Crippen molar-refractivity contribution in [3.63, 3.8) is 0 Å². The molecule has 0 radical (unpaired) electrons. The predicted octanol–water partition coefficient (Wildman–Crippen LogP) is 3.53. The number of benzene rings is 1. The molecule has 152 valence electrons. The number of aromatic carboxylic acids is 1. The lowest BCUT2D eigenvalue weighted by Gasteiger charge is -2.20. The highest BCUT2D eigenvalue weighted by Crippen LogP contribution is 2.35. The van der Waals surface area contributed by atoms with Crippen LogP contribution in [0.1, 0.15) is 40.4 Å². The normalized spacial score (nSPS) is 12.8. The molecule has 0 unspecified atom stereocenters. The van der Waals surface area contributed by atoms with Gasteiger partial charge in [-0.2, -0.15) is 13.2 Å². The maximum Gasteiger partial charge on any atom is 0.433 e. The maximum absolute atomic E-state index is 13.6. The van der Waals surface area contributed by atoms with E-state index in [1.165, 1.54) is 49.7 Å². The number of anilines is 1. The van der Waals surface area contributed by atoms with Crippen LogP contribution in [-0.2, 0) is 13.2 Å². The minimum absolute atomic E-state index is 0.0176. The number of carboxylic acid groups (broad SMARTS) is 1. The lowest BCUT2D eigenvalue weighted by molar-refractivity contribution is -0.141. The Balaban J connectivity index is 2.10. The highest BCUT2D eigenvalue weighted by Gasteiger charge is 2.37. The first-order chi connectivity index (χ1) is 13.5. The summed E-state index contributed by atoms with van der Waals surface area (Å²) in [5.41, 5.74) is -1.63. The molecule has 0 saturated heterocycles. The number of nitrogens with zero attached hydrogens (tertiary/aromatic N) is 3. The molecule has 3 rings (SSSR count). The van der Waals surface area contributed by atoms with Crippen LogP contribution in [-0.4, -0.2) is 25.6 Å². The number of rotatable bonds is 4. The van der Waals surface area contributed by atoms with Crippen molar-refractivity contribution in [2.45, 2.75) is 26.1 Å². The number of halogens is 3. The molecule has 0 aliphatic carbocycles. The van der Waals surface area contributed by atoms with Gasteiger partial charge in [-0.05, 0) is 44.2 Å². The van der Waals surface area contributed by atoms with Crippen molar-refractivity contribution >= 4 is 22.7 Å². The van der Waals surface area contributed by atoms with Crippen molar-refractivity contribution in [2.24, 2.45) is 7.05 Å². The zero-order valence-electron chi connectivity index (χ0n) is 15.7. The average molecular weight is 406 g/mol. The molecule has 0 amide bonds. The Morgan fingerprint density at radius 2 is 1.83 bits per heavy atom. The summed E-state index contributed by atoms with van der Waals surface area (Å²) in [5, 5.41) is 11.8. The molecule has 1 atom stereocenters. The molecule has 0 aliphatic heterocycles. The van der Waals surface area contributed by atoms with Crippen LogP contribution < -0.4 is 10.9 Å². The Labute approximate surface area is 162 Å². The van der Waals surface area contributed by atoms with E-state index in [2.05, 4.69) is 15.3 Å². The molecule has 10 heteroatoms. The fraction of sp³-hybridized carbons (Fsp3) is 0.263. The van der Waals surface area contributed by atoms with Crippen molar-refractivity contribution in [1.82, 2.24) is 14.5 Å².